The van der Waals surface area contributed by atoms with E-state index in [1.807, 2.05) is 18.2 Å². The average molecular weight is 372 g/mol. The molecule has 1 N–H and O–H groups in total. The van der Waals surface area contributed by atoms with Crippen LogP contribution in [0.2, 0.25) is 0 Å². The zero-order valence-electron chi connectivity index (χ0n) is 11.5. The van der Waals surface area contributed by atoms with Crippen LogP contribution in [0.4, 0.5) is 18.9 Å². The highest BCUT2D eigenvalue weighted by atomic mass is 79.9. The molecule has 1 aliphatic heterocycles. The molecule has 0 bridgehead atoms. The largest absolute Gasteiger partial charge is 0.489 e. The van der Waals surface area contributed by atoms with Crippen LogP contribution < -0.4 is 10.1 Å². The van der Waals surface area contributed by atoms with Gasteiger partial charge in [-0.05, 0) is 42.3 Å². The summed E-state index contributed by atoms with van der Waals surface area (Å²) in [7, 11) is 0. The van der Waals surface area contributed by atoms with E-state index in [4.69, 9.17) is 4.74 Å². The van der Waals surface area contributed by atoms with Crippen LogP contribution >= 0.6 is 15.9 Å². The lowest BCUT2D eigenvalue weighted by Crippen LogP contribution is -2.07. The van der Waals surface area contributed by atoms with E-state index in [1.54, 1.807) is 6.07 Å². The quantitative estimate of drug-likeness (QED) is 0.818. The molecule has 0 saturated heterocycles. The van der Waals surface area contributed by atoms with E-state index < -0.39 is 11.7 Å². The lowest BCUT2D eigenvalue weighted by molar-refractivity contribution is -0.137. The average Bonchev–Trinajstić information content (AvgIpc) is 2.92. The summed E-state index contributed by atoms with van der Waals surface area (Å²) in [6, 6.07) is 9.50. The Balaban J connectivity index is 1.80. The normalized spacial score (nSPS) is 13.6. The smallest absolute Gasteiger partial charge is 0.416 e. The van der Waals surface area contributed by atoms with Crippen molar-refractivity contribution in [2.24, 2.45) is 0 Å². The topological polar surface area (TPSA) is 21.3 Å². The van der Waals surface area contributed by atoms with E-state index in [-0.39, 0.29) is 6.61 Å². The van der Waals surface area contributed by atoms with Crippen molar-refractivity contribution < 1.29 is 17.9 Å². The van der Waals surface area contributed by atoms with Gasteiger partial charge in [-0.2, -0.15) is 13.2 Å². The number of rotatable bonds is 3. The van der Waals surface area contributed by atoms with Crippen molar-refractivity contribution in [1.29, 1.82) is 0 Å². The zero-order valence-corrected chi connectivity index (χ0v) is 13.1. The van der Waals surface area contributed by atoms with Gasteiger partial charge >= 0.3 is 6.18 Å². The number of hydrogen-bond acceptors (Lipinski definition) is 2. The summed E-state index contributed by atoms with van der Waals surface area (Å²) < 4.78 is 44.6. The van der Waals surface area contributed by atoms with E-state index >= 15 is 0 Å². The van der Waals surface area contributed by atoms with Crippen molar-refractivity contribution in [3.63, 3.8) is 0 Å². The fourth-order valence-corrected chi connectivity index (χ4v) is 3.05. The zero-order chi connectivity index (χ0) is 15.7. The van der Waals surface area contributed by atoms with Gasteiger partial charge in [-0.15, -0.1) is 0 Å². The van der Waals surface area contributed by atoms with Crippen LogP contribution in [0.3, 0.4) is 0 Å². The molecule has 1 heterocycles. The summed E-state index contributed by atoms with van der Waals surface area (Å²) in [6.07, 6.45) is -3.51. The van der Waals surface area contributed by atoms with Gasteiger partial charge in [-0.1, -0.05) is 22.0 Å². The van der Waals surface area contributed by atoms with Gasteiger partial charge in [0.25, 0.3) is 0 Å². The molecule has 22 heavy (non-hydrogen) atoms. The van der Waals surface area contributed by atoms with Gasteiger partial charge in [-0.25, -0.2) is 0 Å². The van der Waals surface area contributed by atoms with Crippen LogP contribution in [-0.2, 0) is 19.2 Å². The molecule has 3 rings (SSSR count). The first-order chi connectivity index (χ1) is 10.4. The molecule has 0 radical (unpaired) electrons. The number of benzene rings is 2. The summed E-state index contributed by atoms with van der Waals surface area (Å²) in [5.74, 6) is 0.719. The molecule has 0 saturated carbocycles. The molecule has 2 nitrogen and oxygen atoms in total. The third kappa shape index (κ3) is 3.21. The second-order valence-corrected chi connectivity index (χ2v) is 6.01. The lowest BCUT2D eigenvalue weighted by Gasteiger charge is -2.13. The van der Waals surface area contributed by atoms with Crippen LogP contribution in [0.5, 0.6) is 5.75 Å². The summed E-state index contributed by atoms with van der Waals surface area (Å²) in [5.41, 5.74) is 1.90. The van der Waals surface area contributed by atoms with Crippen molar-refractivity contribution in [2.45, 2.75) is 19.2 Å². The Morgan fingerprint density at radius 3 is 2.77 bits per heavy atom. The van der Waals surface area contributed by atoms with E-state index in [1.165, 1.54) is 0 Å². The highest BCUT2D eigenvalue weighted by molar-refractivity contribution is 9.10. The van der Waals surface area contributed by atoms with Crippen LogP contribution in [-0.4, -0.2) is 6.54 Å². The number of nitrogens with one attached hydrogen (secondary N) is 1. The Hall–Kier alpha value is -1.69. The number of ether oxygens (including phenoxy) is 1. The highest BCUT2D eigenvalue weighted by Gasteiger charge is 2.31. The fraction of sp³-hybridized carbons (Fsp3) is 0.250. The monoisotopic (exact) mass is 371 g/mol. The number of alkyl halides is 3. The second kappa shape index (κ2) is 5.83. The molecule has 2 aromatic rings. The van der Waals surface area contributed by atoms with E-state index in [2.05, 4.69) is 21.2 Å². The molecule has 0 aliphatic carbocycles. The van der Waals surface area contributed by atoms with Gasteiger partial charge in [0.05, 0.1) is 5.56 Å². The van der Waals surface area contributed by atoms with Crippen LogP contribution in [0.25, 0.3) is 0 Å². The van der Waals surface area contributed by atoms with Crippen LogP contribution in [0.15, 0.2) is 40.9 Å². The van der Waals surface area contributed by atoms with Gasteiger partial charge in [0, 0.05) is 22.3 Å². The predicted molar refractivity (Wildman–Crippen MR) is 82.1 cm³/mol. The Labute approximate surface area is 134 Å². The van der Waals surface area contributed by atoms with Gasteiger partial charge < -0.3 is 10.1 Å². The maximum absolute atomic E-state index is 12.8. The molecule has 0 amide bonds. The van der Waals surface area contributed by atoms with Crippen molar-refractivity contribution in [3.8, 4) is 5.75 Å². The Kier molecular flexibility index (Phi) is 4.04. The molecule has 0 fully saturated rings. The van der Waals surface area contributed by atoms with Crippen molar-refractivity contribution in [2.75, 3.05) is 11.9 Å². The molecule has 2 aromatic carbocycles. The standard InChI is InChI=1S/C16H13BrF3NO/c17-12-7-10(6-11(8-12)16(18,19)20)9-22-15-3-1-2-14-13(15)4-5-21-14/h1-3,6-8,21H,4-5,9H2. The maximum atomic E-state index is 12.8. The number of anilines is 1. The molecular formula is C16H13BrF3NO. The van der Waals surface area contributed by atoms with E-state index in [0.717, 1.165) is 42.1 Å². The van der Waals surface area contributed by atoms with E-state index in [9.17, 15) is 13.2 Å². The van der Waals surface area contributed by atoms with Crippen LogP contribution in [0.1, 0.15) is 16.7 Å². The third-order valence-corrected chi connectivity index (χ3v) is 3.96. The second-order valence-electron chi connectivity index (χ2n) is 5.09. The Morgan fingerprint density at radius 1 is 1.18 bits per heavy atom. The number of fused-ring (bicyclic) bond motifs is 1. The minimum absolute atomic E-state index is 0.0962. The number of hydrogen-bond donors (Lipinski definition) is 1. The van der Waals surface area contributed by atoms with Gasteiger partial charge in [-0.3, -0.25) is 0 Å². The molecule has 6 heteroatoms. The Morgan fingerprint density at radius 2 is 2.00 bits per heavy atom. The molecule has 0 spiro atoms. The minimum atomic E-state index is -4.36. The van der Waals surface area contributed by atoms with Crippen molar-refractivity contribution >= 4 is 21.6 Å². The van der Waals surface area contributed by atoms with Crippen molar-refractivity contribution in [3.05, 3.63) is 57.6 Å². The Bertz CT molecular complexity index is 700. The first-order valence-electron chi connectivity index (χ1n) is 6.79. The van der Waals surface area contributed by atoms with Crippen molar-refractivity contribution in [1.82, 2.24) is 0 Å². The van der Waals surface area contributed by atoms with E-state index in [0.29, 0.717) is 10.0 Å². The molecule has 0 atom stereocenters. The van der Waals surface area contributed by atoms with Crippen LogP contribution in [0, 0.1) is 0 Å². The first kappa shape index (κ1) is 15.2. The summed E-state index contributed by atoms with van der Waals surface area (Å²) in [6.45, 7) is 0.948. The fourth-order valence-electron chi connectivity index (χ4n) is 2.51. The summed E-state index contributed by atoms with van der Waals surface area (Å²) in [4.78, 5) is 0. The number of halogens is 4. The van der Waals surface area contributed by atoms with Gasteiger partial charge in [0.15, 0.2) is 0 Å². The molecule has 1 aliphatic rings. The molecule has 0 unspecified atom stereocenters. The predicted octanol–water partition coefficient (Wildman–Crippen LogP) is 5.01. The lowest BCUT2D eigenvalue weighted by atomic mass is 10.1. The maximum Gasteiger partial charge on any atom is 0.416 e. The minimum Gasteiger partial charge on any atom is -0.489 e. The SMILES string of the molecule is FC(F)(F)c1cc(Br)cc(COc2cccc3c2CCN3)c1. The molecular weight excluding hydrogens is 359 g/mol. The molecule has 116 valence electrons. The third-order valence-electron chi connectivity index (χ3n) is 3.50. The summed E-state index contributed by atoms with van der Waals surface area (Å²) in [5, 5.41) is 3.24. The van der Waals surface area contributed by atoms with Gasteiger partial charge in [0.1, 0.15) is 12.4 Å². The highest BCUT2D eigenvalue weighted by Crippen LogP contribution is 2.34. The van der Waals surface area contributed by atoms with Gasteiger partial charge in [0.2, 0.25) is 0 Å². The first-order valence-corrected chi connectivity index (χ1v) is 7.58. The summed E-state index contributed by atoms with van der Waals surface area (Å²) >= 11 is 3.12. The molecule has 0 aromatic heterocycles.